The molecule has 18 heavy (non-hydrogen) atoms. The van der Waals surface area contributed by atoms with Gasteiger partial charge in [-0.2, -0.15) is 0 Å². The van der Waals surface area contributed by atoms with Gasteiger partial charge in [0.15, 0.2) is 16.4 Å². The maximum Gasteiger partial charge on any atom is 0.178 e. The van der Waals surface area contributed by atoms with Gasteiger partial charge in [0, 0.05) is 17.7 Å². The largest absolute Gasteiger partial charge is 0.330 e. The van der Waals surface area contributed by atoms with E-state index in [0.29, 0.717) is 21.7 Å². The van der Waals surface area contributed by atoms with Gasteiger partial charge in [-0.25, -0.2) is 8.78 Å². The van der Waals surface area contributed by atoms with Crippen molar-refractivity contribution in [2.75, 3.05) is 0 Å². The van der Waals surface area contributed by atoms with E-state index in [1.165, 1.54) is 12.1 Å². The molecule has 1 aliphatic carbocycles. The van der Waals surface area contributed by atoms with E-state index in [9.17, 15) is 8.78 Å². The van der Waals surface area contributed by atoms with Crippen LogP contribution in [0.4, 0.5) is 8.78 Å². The van der Waals surface area contributed by atoms with Gasteiger partial charge in [-0.05, 0) is 44.8 Å². The number of nitrogens with zero attached hydrogens (tertiary/aromatic N) is 1. The van der Waals surface area contributed by atoms with E-state index in [1.54, 1.807) is 0 Å². The molecule has 0 unspecified atom stereocenters. The number of aromatic nitrogens is 2. The van der Waals surface area contributed by atoms with Crippen LogP contribution in [0.5, 0.6) is 0 Å². The van der Waals surface area contributed by atoms with Crippen LogP contribution >= 0.6 is 12.2 Å². The van der Waals surface area contributed by atoms with Crippen molar-refractivity contribution < 1.29 is 8.78 Å². The Balaban J connectivity index is 2.31. The Morgan fingerprint density at radius 1 is 1.28 bits per heavy atom. The molecule has 2 aromatic rings. The van der Waals surface area contributed by atoms with Gasteiger partial charge < -0.3 is 9.55 Å². The lowest BCUT2D eigenvalue weighted by molar-refractivity contribution is 0.310. The highest BCUT2D eigenvalue weighted by atomic mass is 32.1. The number of H-pyrrole nitrogens is 1. The molecule has 1 fully saturated rings. The quantitative estimate of drug-likeness (QED) is 0.812. The van der Waals surface area contributed by atoms with E-state index >= 15 is 0 Å². The molecule has 96 valence electrons. The lowest BCUT2D eigenvalue weighted by Crippen LogP contribution is -2.28. The SMILES string of the molecule is CC(C)(C1CC1)n1c(=S)[nH]c2cc(F)c(F)cc21. The van der Waals surface area contributed by atoms with Gasteiger partial charge in [-0.15, -0.1) is 0 Å². The zero-order chi connectivity index (χ0) is 13.1. The summed E-state index contributed by atoms with van der Waals surface area (Å²) in [6.07, 6.45) is 2.32. The number of rotatable bonds is 2. The second-order valence-electron chi connectivity index (χ2n) is 5.48. The highest BCUT2D eigenvalue weighted by Gasteiger charge is 2.40. The van der Waals surface area contributed by atoms with Gasteiger partial charge in [0.25, 0.3) is 0 Å². The van der Waals surface area contributed by atoms with Crippen LogP contribution in [0.2, 0.25) is 0 Å². The summed E-state index contributed by atoms with van der Waals surface area (Å²) in [4.78, 5) is 2.95. The Kier molecular flexibility index (Phi) is 2.39. The van der Waals surface area contributed by atoms with Crippen LogP contribution in [0.1, 0.15) is 26.7 Å². The molecule has 0 atom stereocenters. The van der Waals surface area contributed by atoms with Crippen molar-refractivity contribution in [3.05, 3.63) is 28.5 Å². The van der Waals surface area contributed by atoms with Crippen molar-refractivity contribution in [1.82, 2.24) is 9.55 Å². The predicted molar refractivity (Wildman–Crippen MR) is 69.1 cm³/mol. The fraction of sp³-hybridized carbons (Fsp3) is 0.462. The van der Waals surface area contributed by atoms with Gasteiger partial charge in [0.1, 0.15) is 0 Å². The first kappa shape index (κ1) is 11.8. The number of halogens is 2. The molecule has 0 saturated heterocycles. The van der Waals surface area contributed by atoms with E-state index in [2.05, 4.69) is 18.8 Å². The summed E-state index contributed by atoms with van der Waals surface area (Å²) < 4.78 is 29.1. The summed E-state index contributed by atoms with van der Waals surface area (Å²) in [6.45, 7) is 4.18. The zero-order valence-electron chi connectivity index (χ0n) is 10.3. The van der Waals surface area contributed by atoms with Crippen LogP contribution in [0.15, 0.2) is 12.1 Å². The molecular formula is C13H14F2N2S. The van der Waals surface area contributed by atoms with Crippen molar-refractivity contribution in [1.29, 1.82) is 0 Å². The van der Waals surface area contributed by atoms with Gasteiger partial charge >= 0.3 is 0 Å². The Bertz CT molecular complexity index is 680. The van der Waals surface area contributed by atoms with Crippen LogP contribution in [0.3, 0.4) is 0 Å². The molecule has 0 radical (unpaired) electrons. The molecule has 1 N–H and O–H groups in total. The van der Waals surface area contributed by atoms with E-state index in [-0.39, 0.29) is 5.54 Å². The first-order valence-corrected chi connectivity index (χ1v) is 6.42. The molecule has 2 nitrogen and oxygen atoms in total. The summed E-state index contributed by atoms with van der Waals surface area (Å²) in [6, 6.07) is 2.39. The fourth-order valence-corrected chi connectivity index (χ4v) is 3.09. The van der Waals surface area contributed by atoms with Gasteiger partial charge in [-0.3, -0.25) is 0 Å². The van der Waals surface area contributed by atoms with Crippen LogP contribution in [-0.2, 0) is 5.54 Å². The highest BCUT2D eigenvalue weighted by Crippen LogP contribution is 2.45. The standard InChI is InChI=1S/C13H14F2N2S/c1-13(2,7-3-4-7)17-11-6-9(15)8(14)5-10(11)16-12(17)18/h5-7H,3-4H2,1-2H3,(H,16,18). The number of hydrogen-bond acceptors (Lipinski definition) is 1. The highest BCUT2D eigenvalue weighted by molar-refractivity contribution is 7.71. The summed E-state index contributed by atoms with van der Waals surface area (Å²) in [7, 11) is 0. The molecule has 1 saturated carbocycles. The predicted octanol–water partition coefficient (Wildman–Crippen LogP) is 4.12. The Morgan fingerprint density at radius 3 is 2.50 bits per heavy atom. The Hall–Kier alpha value is -1.23. The van der Waals surface area contributed by atoms with Crippen molar-refractivity contribution in [2.24, 2.45) is 5.92 Å². The van der Waals surface area contributed by atoms with Gasteiger partial charge in [-0.1, -0.05) is 0 Å². The molecule has 0 spiro atoms. The van der Waals surface area contributed by atoms with Crippen molar-refractivity contribution in [2.45, 2.75) is 32.2 Å². The van der Waals surface area contributed by atoms with Crippen molar-refractivity contribution >= 4 is 23.3 Å². The molecule has 0 amide bonds. The number of aromatic amines is 1. The zero-order valence-corrected chi connectivity index (χ0v) is 11.1. The molecule has 1 aromatic carbocycles. The van der Waals surface area contributed by atoms with Crippen LogP contribution in [0.25, 0.3) is 11.0 Å². The number of fused-ring (bicyclic) bond motifs is 1. The third-order valence-corrected chi connectivity index (χ3v) is 4.16. The van der Waals surface area contributed by atoms with Crippen LogP contribution in [-0.4, -0.2) is 9.55 Å². The van der Waals surface area contributed by atoms with Crippen LogP contribution in [0, 0.1) is 22.3 Å². The number of hydrogen-bond donors (Lipinski definition) is 1. The van der Waals surface area contributed by atoms with E-state index < -0.39 is 11.6 Å². The molecule has 0 bridgehead atoms. The first-order valence-electron chi connectivity index (χ1n) is 6.01. The van der Waals surface area contributed by atoms with Gasteiger partial charge in [0.05, 0.1) is 11.0 Å². The van der Waals surface area contributed by atoms with Crippen molar-refractivity contribution in [3.63, 3.8) is 0 Å². The average molecular weight is 268 g/mol. The molecule has 1 aromatic heterocycles. The average Bonchev–Trinajstić information content (AvgIpc) is 3.05. The topological polar surface area (TPSA) is 20.7 Å². The molecule has 0 aliphatic heterocycles. The maximum absolute atomic E-state index is 13.4. The smallest absolute Gasteiger partial charge is 0.178 e. The normalized spacial score (nSPS) is 16.4. The summed E-state index contributed by atoms with van der Waals surface area (Å²) in [5.74, 6) is -1.14. The molecule has 1 aliphatic rings. The minimum Gasteiger partial charge on any atom is -0.330 e. The lowest BCUT2D eigenvalue weighted by Gasteiger charge is -2.27. The lowest BCUT2D eigenvalue weighted by atomic mass is 9.98. The van der Waals surface area contributed by atoms with Crippen molar-refractivity contribution in [3.8, 4) is 0 Å². The second kappa shape index (κ2) is 3.63. The summed E-state index contributed by atoms with van der Waals surface area (Å²) in [5.41, 5.74) is 1.02. The van der Waals surface area contributed by atoms with E-state index in [1.807, 2.05) is 4.57 Å². The molecule has 1 heterocycles. The Labute approximate surface area is 109 Å². The third-order valence-electron chi connectivity index (χ3n) is 3.88. The molecule has 5 heteroatoms. The number of nitrogens with one attached hydrogen (secondary N) is 1. The second-order valence-corrected chi connectivity index (χ2v) is 5.86. The first-order chi connectivity index (χ1) is 8.41. The fourth-order valence-electron chi connectivity index (χ4n) is 2.65. The minimum absolute atomic E-state index is 0.167. The number of imidazole rings is 1. The number of benzene rings is 1. The molecular weight excluding hydrogens is 254 g/mol. The van der Waals surface area contributed by atoms with E-state index in [4.69, 9.17) is 12.2 Å². The van der Waals surface area contributed by atoms with Gasteiger partial charge in [0.2, 0.25) is 0 Å². The third kappa shape index (κ3) is 1.61. The maximum atomic E-state index is 13.4. The summed E-state index contributed by atoms with van der Waals surface area (Å²) in [5, 5.41) is 0. The Morgan fingerprint density at radius 2 is 1.89 bits per heavy atom. The summed E-state index contributed by atoms with van der Waals surface area (Å²) >= 11 is 5.30. The monoisotopic (exact) mass is 268 g/mol. The molecule has 3 rings (SSSR count). The van der Waals surface area contributed by atoms with E-state index in [0.717, 1.165) is 12.8 Å². The minimum atomic E-state index is -0.852. The van der Waals surface area contributed by atoms with Crippen LogP contribution < -0.4 is 0 Å².